The van der Waals surface area contributed by atoms with E-state index in [4.69, 9.17) is 33.7 Å². The number of nitrogens with two attached hydrogens (primary N) is 1. The highest BCUT2D eigenvalue weighted by molar-refractivity contribution is 6.37. The Balaban J connectivity index is 1.52. The average molecular weight is 496 g/mol. The summed E-state index contributed by atoms with van der Waals surface area (Å²) in [5, 5.41) is 6.13. The predicted molar refractivity (Wildman–Crippen MR) is 116 cm³/mol. The number of fused-ring (bicyclic) bond motifs is 2. The van der Waals surface area contributed by atoms with Gasteiger partial charge in [-0.2, -0.15) is 4.68 Å². The number of nitrogens with one attached hydrogen (secondary N) is 2. The first kappa shape index (κ1) is 21.4. The minimum atomic E-state index is -3.17. The molecule has 2 aliphatic rings. The number of hydrogen-bond donors (Lipinski definition) is 3. The summed E-state index contributed by atoms with van der Waals surface area (Å²) in [4.78, 5) is 37.8. The van der Waals surface area contributed by atoms with Gasteiger partial charge < -0.3 is 15.8 Å². The summed E-state index contributed by atoms with van der Waals surface area (Å²) in [5.74, 6) is -4.24. The van der Waals surface area contributed by atoms with Gasteiger partial charge in [-0.25, -0.2) is 13.6 Å². The number of aromatic nitrogens is 3. The van der Waals surface area contributed by atoms with E-state index >= 15 is 0 Å². The van der Waals surface area contributed by atoms with Gasteiger partial charge in [0.15, 0.2) is 5.75 Å². The van der Waals surface area contributed by atoms with Gasteiger partial charge in [-0.3, -0.25) is 14.6 Å². The lowest BCUT2D eigenvalue weighted by Gasteiger charge is -2.44. The Morgan fingerprint density at radius 2 is 1.79 bits per heavy atom. The zero-order valence-electron chi connectivity index (χ0n) is 16.4. The second-order valence-corrected chi connectivity index (χ2v) is 8.48. The van der Waals surface area contributed by atoms with Crippen molar-refractivity contribution >= 4 is 40.6 Å². The molecule has 1 aliphatic carbocycles. The van der Waals surface area contributed by atoms with Gasteiger partial charge in [-0.1, -0.05) is 23.2 Å². The zero-order valence-corrected chi connectivity index (χ0v) is 17.9. The van der Waals surface area contributed by atoms with Crippen molar-refractivity contribution in [3.05, 3.63) is 66.8 Å². The lowest BCUT2D eigenvalue weighted by atomic mass is 9.62. The fraction of sp³-hybridized carbons (Fsp3) is 0.200. The number of rotatable bonds is 3. The van der Waals surface area contributed by atoms with Crippen LogP contribution in [0.15, 0.2) is 39.9 Å². The molecule has 170 valence electrons. The molecule has 1 spiro atoms. The highest BCUT2D eigenvalue weighted by Gasteiger charge is 2.70. The van der Waals surface area contributed by atoms with Gasteiger partial charge in [0, 0.05) is 17.7 Å². The Kier molecular flexibility index (Phi) is 4.56. The van der Waals surface area contributed by atoms with Crippen LogP contribution in [0.5, 0.6) is 11.5 Å². The van der Waals surface area contributed by atoms with Crippen molar-refractivity contribution in [2.75, 3.05) is 11.1 Å². The number of anilines is 2. The first-order chi connectivity index (χ1) is 15.5. The Bertz CT molecular complexity index is 1450. The molecule has 5 rings (SSSR count). The van der Waals surface area contributed by atoms with Crippen LogP contribution in [0.25, 0.3) is 5.69 Å². The number of ether oxygens (including phenoxy) is 1. The van der Waals surface area contributed by atoms with Crippen molar-refractivity contribution in [1.29, 1.82) is 0 Å². The number of benzene rings is 2. The number of carbonyl (C=O) groups excluding carboxylic acids is 1. The number of alkyl halides is 2. The molecule has 0 bridgehead atoms. The minimum Gasteiger partial charge on any atom is -0.454 e. The minimum absolute atomic E-state index is 0.0146. The van der Waals surface area contributed by atoms with Crippen LogP contribution in [0, 0.1) is 0 Å². The van der Waals surface area contributed by atoms with E-state index < -0.39 is 34.3 Å². The Morgan fingerprint density at radius 3 is 2.39 bits per heavy atom. The van der Waals surface area contributed by atoms with Crippen LogP contribution < -0.4 is 27.0 Å². The first-order valence-corrected chi connectivity index (χ1v) is 10.3. The maximum Gasteiger partial charge on any atom is 0.349 e. The van der Waals surface area contributed by atoms with Gasteiger partial charge in [-0.15, -0.1) is 5.10 Å². The van der Waals surface area contributed by atoms with Crippen molar-refractivity contribution in [2.24, 2.45) is 0 Å². The van der Waals surface area contributed by atoms with Crippen LogP contribution in [0.2, 0.25) is 10.0 Å². The molecular weight excluding hydrogens is 483 g/mol. The molecule has 33 heavy (non-hydrogen) atoms. The molecule has 2 heterocycles. The molecule has 1 atom stereocenters. The zero-order chi connectivity index (χ0) is 23.7. The topological polar surface area (TPSA) is 132 Å². The number of halogens is 4. The number of carbonyl (C=O) groups is 1. The molecule has 0 radical (unpaired) electrons. The number of amides is 1. The molecule has 1 unspecified atom stereocenters. The molecule has 1 aliphatic heterocycles. The quantitative estimate of drug-likeness (QED) is 0.510. The van der Waals surface area contributed by atoms with E-state index in [0.717, 1.165) is 4.68 Å². The van der Waals surface area contributed by atoms with Gasteiger partial charge >= 0.3 is 5.69 Å². The van der Waals surface area contributed by atoms with Crippen LogP contribution >= 0.6 is 23.2 Å². The lowest BCUT2D eigenvalue weighted by Crippen LogP contribution is -2.58. The normalized spacial score (nSPS) is 20.3. The van der Waals surface area contributed by atoms with E-state index in [2.05, 4.69) is 10.4 Å². The first-order valence-electron chi connectivity index (χ1n) is 9.54. The molecule has 4 N–H and O–H groups in total. The summed E-state index contributed by atoms with van der Waals surface area (Å²) in [6.45, 7) is 0. The molecule has 1 amide bonds. The molecule has 1 aromatic heterocycles. The summed E-state index contributed by atoms with van der Waals surface area (Å²) in [6, 6.07) is 6.90. The van der Waals surface area contributed by atoms with Crippen LogP contribution in [-0.2, 0) is 10.2 Å². The maximum atomic E-state index is 14.4. The average Bonchev–Trinajstić information content (AvgIpc) is 3.05. The van der Waals surface area contributed by atoms with Gasteiger partial charge in [0.2, 0.25) is 11.7 Å². The largest absolute Gasteiger partial charge is 0.454 e. The number of nitrogen functional groups attached to an aromatic ring is 1. The fourth-order valence-corrected chi connectivity index (χ4v) is 4.60. The third-order valence-corrected chi connectivity index (χ3v) is 6.39. The van der Waals surface area contributed by atoms with Crippen LogP contribution in [0.3, 0.4) is 0 Å². The van der Waals surface area contributed by atoms with Crippen molar-refractivity contribution < 1.29 is 18.3 Å². The SMILES string of the molecule is Nc1nn(-c2cc(Cl)c(Oc3ccc4c(c3)C3(CCC3(F)F)C(=O)N4)c(Cl)c2)c(=O)[nH]c1=O. The molecule has 9 nitrogen and oxygen atoms in total. The fourth-order valence-electron chi connectivity index (χ4n) is 4.05. The Morgan fingerprint density at radius 1 is 1.09 bits per heavy atom. The highest BCUT2D eigenvalue weighted by Crippen LogP contribution is 2.60. The molecule has 3 aromatic rings. The lowest BCUT2D eigenvalue weighted by molar-refractivity contribution is -0.168. The number of H-pyrrole nitrogens is 1. The summed E-state index contributed by atoms with van der Waals surface area (Å²) in [6.07, 6.45) is -0.366. The smallest absolute Gasteiger partial charge is 0.349 e. The third-order valence-electron chi connectivity index (χ3n) is 5.83. The summed E-state index contributed by atoms with van der Waals surface area (Å²) in [7, 11) is 0. The highest BCUT2D eigenvalue weighted by atomic mass is 35.5. The summed E-state index contributed by atoms with van der Waals surface area (Å²) < 4.78 is 35.3. The second-order valence-electron chi connectivity index (χ2n) is 7.67. The molecule has 1 saturated carbocycles. The maximum absolute atomic E-state index is 14.4. The second kappa shape index (κ2) is 7.03. The van der Waals surface area contributed by atoms with Crippen molar-refractivity contribution in [2.45, 2.75) is 24.2 Å². The van der Waals surface area contributed by atoms with Gasteiger partial charge in [0.25, 0.3) is 11.5 Å². The number of aromatic amines is 1. The summed E-state index contributed by atoms with van der Waals surface area (Å²) in [5.41, 5.74) is 2.37. The molecule has 2 aromatic carbocycles. The summed E-state index contributed by atoms with van der Waals surface area (Å²) >= 11 is 12.6. The number of nitrogens with zero attached hydrogens (tertiary/aromatic N) is 2. The van der Waals surface area contributed by atoms with Crippen molar-refractivity contribution in [3.63, 3.8) is 0 Å². The standard InChI is InChI=1S/C20H13Cl2F2N5O4/c21-11-5-8(29-18(32)27-16(30)15(25)28-29)6-12(22)14(11)33-9-1-2-13-10(7-9)19(17(31)26-13)3-4-20(19,23)24/h1-2,5-7H,3-4H2,(H2,25,28)(H,26,31)(H,27,30,32). The van der Waals surface area contributed by atoms with Gasteiger partial charge in [0.1, 0.15) is 11.2 Å². The van der Waals surface area contributed by atoms with Gasteiger partial charge in [0.05, 0.1) is 15.7 Å². The molecule has 13 heteroatoms. The third kappa shape index (κ3) is 3.03. The van der Waals surface area contributed by atoms with E-state index in [1.807, 2.05) is 4.98 Å². The Hall–Kier alpha value is -3.44. The predicted octanol–water partition coefficient (Wildman–Crippen LogP) is 3.22. The van der Waals surface area contributed by atoms with E-state index in [-0.39, 0.29) is 45.6 Å². The van der Waals surface area contributed by atoms with E-state index in [1.165, 1.54) is 30.3 Å². The molecule has 1 fully saturated rings. The molecule has 0 saturated heterocycles. The van der Waals surface area contributed by atoms with Crippen LogP contribution in [-0.4, -0.2) is 26.6 Å². The van der Waals surface area contributed by atoms with E-state index in [0.29, 0.717) is 5.69 Å². The van der Waals surface area contributed by atoms with Gasteiger partial charge in [-0.05, 0) is 36.8 Å². The van der Waals surface area contributed by atoms with Crippen LogP contribution in [0.1, 0.15) is 18.4 Å². The number of hydrogen-bond acceptors (Lipinski definition) is 6. The van der Waals surface area contributed by atoms with Crippen LogP contribution in [0.4, 0.5) is 20.3 Å². The molecular formula is C20H13Cl2F2N5O4. The van der Waals surface area contributed by atoms with Crippen molar-refractivity contribution in [1.82, 2.24) is 14.8 Å². The van der Waals surface area contributed by atoms with E-state index in [1.54, 1.807) is 0 Å². The monoisotopic (exact) mass is 495 g/mol. The van der Waals surface area contributed by atoms with E-state index in [9.17, 15) is 23.2 Å². The Labute approximate surface area is 193 Å². The van der Waals surface area contributed by atoms with Crippen molar-refractivity contribution in [3.8, 4) is 17.2 Å².